The largest absolute Gasteiger partial charge is 0.497 e. The smallest absolute Gasteiger partial charge is 0.264 e. The fourth-order valence-electron chi connectivity index (χ4n) is 4.19. The van der Waals surface area contributed by atoms with Gasteiger partial charge in [0, 0.05) is 18.1 Å². The van der Waals surface area contributed by atoms with Crippen molar-refractivity contribution in [3.8, 4) is 5.75 Å². The number of aryl methyl sites for hydroxylation is 1. The molecule has 0 heterocycles. The van der Waals surface area contributed by atoms with Crippen molar-refractivity contribution in [2.24, 2.45) is 0 Å². The molecule has 3 aromatic carbocycles. The van der Waals surface area contributed by atoms with Gasteiger partial charge in [-0.15, -0.1) is 0 Å². The molecule has 40 heavy (non-hydrogen) atoms. The van der Waals surface area contributed by atoms with Crippen LogP contribution in [-0.4, -0.2) is 51.4 Å². The summed E-state index contributed by atoms with van der Waals surface area (Å²) < 4.78 is 34.0. The molecule has 1 atom stereocenters. The monoisotopic (exact) mass is 585 g/mol. The van der Waals surface area contributed by atoms with Crippen molar-refractivity contribution in [2.75, 3.05) is 24.5 Å². The van der Waals surface area contributed by atoms with Gasteiger partial charge in [0.05, 0.1) is 17.7 Å². The first-order chi connectivity index (χ1) is 19.1. The zero-order chi connectivity index (χ0) is 29.3. The standard InChI is InChI=1S/C30H36ClN3O5S/c1-5-19-32-30(36)28(6-2)33(20-23-9-15-26(39-4)16-10-23)29(35)21-34(25-13-11-24(31)12-14-25)40(37,38)27-17-7-22(3)8-18-27/h7-18,28H,5-6,19-21H2,1-4H3,(H,32,36). The minimum atomic E-state index is -4.14. The van der Waals surface area contributed by atoms with Crippen molar-refractivity contribution < 1.29 is 22.7 Å². The van der Waals surface area contributed by atoms with Gasteiger partial charge in [-0.3, -0.25) is 13.9 Å². The number of nitrogens with zero attached hydrogens (tertiary/aromatic N) is 2. The van der Waals surface area contributed by atoms with E-state index in [1.807, 2.05) is 32.9 Å². The maximum atomic E-state index is 14.0. The maximum absolute atomic E-state index is 14.0. The fourth-order valence-corrected chi connectivity index (χ4v) is 5.73. The minimum absolute atomic E-state index is 0.0512. The fraction of sp³-hybridized carbons (Fsp3) is 0.333. The third kappa shape index (κ3) is 7.76. The van der Waals surface area contributed by atoms with E-state index in [2.05, 4.69) is 5.32 Å². The number of methoxy groups -OCH3 is 1. The van der Waals surface area contributed by atoms with Crippen LogP contribution in [0.1, 0.15) is 37.8 Å². The van der Waals surface area contributed by atoms with E-state index in [-0.39, 0.29) is 23.0 Å². The van der Waals surface area contributed by atoms with Gasteiger partial charge in [0.1, 0.15) is 18.3 Å². The van der Waals surface area contributed by atoms with Crippen LogP contribution >= 0.6 is 11.6 Å². The molecule has 0 saturated carbocycles. The van der Waals surface area contributed by atoms with Crippen LogP contribution in [0.25, 0.3) is 0 Å². The van der Waals surface area contributed by atoms with Crippen molar-refractivity contribution in [3.05, 3.63) is 88.9 Å². The molecule has 1 N–H and O–H groups in total. The minimum Gasteiger partial charge on any atom is -0.497 e. The highest BCUT2D eigenvalue weighted by Crippen LogP contribution is 2.26. The summed E-state index contributed by atoms with van der Waals surface area (Å²) in [5, 5.41) is 3.31. The van der Waals surface area contributed by atoms with Gasteiger partial charge < -0.3 is 15.0 Å². The molecular weight excluding hydrogens is 550 g/mol. The van der Waals surface area contributed by atoms with E-state index in [1.165, 1.54) is 17.0 Å². The third-order valence-electron chi connectivity index (χ3n) is 6.45. The van der Waals surface area contributed by atoms with Gasteiger partial charge in [-0.2, -0.15) is 0 Å². The van der Waals surface area contributed by atoms with Crippen molar-refractivity contribution in [3.63, 3.8) is 0 Å². The van der Waals surface area contributed by atoms with E-state index in [1.54, 1.807) is 55.6 Å². The Morgan fingerprint density at radius 2 is 1.57 bits per heavy atom. The molecule has 3 aromatic rings. The predicted molar refractivity (Wildman–Crippen MR) is 158 cm³/mol. The zero-order valence-corrected chi connectivity index (χ0v) is 24.8. The zero-order valence-electron chi connectivity index (χ0n) is 23.3. The van der Waals surface area contributed by atoms with Crippen LogP contribution in [0, 0.1) is 6.92 Å². The lowest BCUT2D eigenvalue weighted by molar-refractivity contribution is -0.140. The highest BCUT2D eigenvalue weighted by molar-refractivity contribution is 7.92. The average Bonchev–Trinajstić information content (AvgIpc) is 2.95. The second-order valence-corrected chi connectivity index (χ2v) is 11.7. The van der Waals surface area contributed by atoms with Gasteiger partial charge in [0.2, 0.25) is 11.8 Å². The molecular formula is C30H36ClN3O5S. The summed E-state index contributed by atoms with van der Waals surface area (Å²) in [6, 6.07) is 19.1. The third-order valence-corrected chi connectivity index (χ3v) is 8.49. The van der Waals surface area contributed by atoms with Crippen LogP contribution in [0.2, 0.25) is 5.02 Å². The molecule has 0 radical (unpaired) electrons. The van der Waals surface area contributed by atoms with E-state index in [0.717, 1.165) is 21.9 Å². The molecule has 2 amide bonds. The lowest BCUT2D eigenvalue weighted by Gasteiger charge is -2.33. The number of hydrogen-bond acceptors (Lipinski definition) is 5. The topological polar surface area (TPSA) is 96.0 Å². The number of halogens is 1. The van der Waals surface area contributed by atoms with Crippen LogP contribution in [0.15, 0.2) is 77.7 Å². The first-order valence-corrected chi connectivity index (χ1v) is 15.0. The van der Waals surface area contributed by atoms with Crippen molar-refractivity contribution in [1.29, 1.82) is 0 Å². The van der Waals surface area contributed by atoms with Gasteiger partial charge in [-0.05, 0) is 73.9 Å². The summed E-state index contributed by atoms with van der Waals surface area (Å²) in [4.78, 5) is 28.7. The van der Waals surface area contributed by atoms with Crippen molar-refractivity contribution in [2.45, 2.75) is 51.1 Å². The van der Waals surface area contributed by atoms with E-state index in [4.69, 9.17) is 16.3 Å². The Labute approximate surface area is 241 Å². The Morgan fingerprint density at radius 3 is 2.12 bits per heavy atom. The number of hydrogen-bond donors (Lipinski definition) is 1. The van der Waals surface area contributed by atoms with E-state index in [9.17, 15) is 18.0 Å². The second-order valence-electron chi connectivity index (χ2n) is 9.39. The number of ether oxygens (including phenoxy) is 1. The quantitative estimate of drug-likeness (QED) is 0.298. The lowest BCUT2D eigenvalue weighted by atomic mass is 10.1. The molecule has 8 nitrogen and oxygen atoms in total. The average molecular weight is 586 g/mol. The van der Waals surface area contributed by atoms with Crippen LogP contribution in [-0.2, 0) is 26.2 Å². The summed E-state index contributed by atoms with van der Waals surface area (Å²) >= 11 is 6.07. The Bertz CT molecular complexity index is 1380. The van der Waals surface area contributed by atoms with Crippen LogP contribution in [0.4, 0.5) is 5.69 Å². The molecule has 3 rings (SSSR count). The van der Waals surface area contributed by atoms with E-state index < -0.39 is 28.5 Å². The summed E-state index contributed by atoms with van der Waals surface area (Å²) in [5.74, 6) is -0.141. The number of rotatable bonds is 13. The summed E-state index contributed by atoms with van der Waals surface area (Å²) in [5.41, 5.74) is 1.96. The SMILES string of the molecule is CCCNC(=O)C(CC)N(Cc1ccc(OC)cc1)C(=O)CN(c1ccc(Cl)cc1)S(=O)(=O)c1ccc(C)cc1. The number of nitrogens with one attached hydrogen (secondary N) is 1. The second kappa shape index (κ2) is 14.2. The molecule has 0 saturated heterocycles. The summed E-state index contributed by atoms with van der Waals surface area (Å²) in [6.07, 6.45) is 1.09. The highest BCUT2D eigenvalue weighted by atomic mass is 35.5. The van der Waals surface area contributed by atoms with Crippen molar-refractivity contribution >= 4 is 39.1 Å². The molecule has 0 aliphatic carbocycles. The van der Waals surface area contributed by atoms with Gasteiger partial charge in [0.25, 0.3) is 10.0 Å². The number of carbonyl (C=O) groups excluding carboxylic acids is 2. The van der Waals surface area contributed by atoms with Crippen LogP contribution in [0.3, 0.4) is 0 Å². The number of amides is 2. The normalized spacial score (nSPS) is 11.9. The van der Waals surface area contributed by atoms with Gasteiger partial charge in [-0.25, -0.2) is 8.42 Å². The van der Waals surface area contributed by atoms with Crippen molar-refractivity contribution in [1.82, 2.24) is 10.2 Å². The first kappa shape index (κ1) is 31.0. The van der Waals surface area contributed by atoms with Gasteiger partial charge >= 0.3 is 0 Å². The molecule has 214 valence electrons. The Balaban J connectivity index is 2.03. The number of benzene rings is 3. The van der Waals surface area contributed by atoms with Crippen LogP contribution in [0.5, 0.6) is 5.75 Å². The predicted octanol–water partition coefficient (Wildman–Crippen LogP) is 5.19. The summed E-state index contributed by atoms with van der Waals surface area (Å²) in [7, 11) is -2.57. The summed E-state index contributed by atoms with van der Waals surface area (Å²) in [6.45, 7) is 5.71. The Morgan fingerprint density at radius 1 is 0.950 bits per heavy atom. The van der Waals surface area contributed by atoms with Crippen LogP contribution < -0.4 is 14.4 Å². The first-order valence-electron chi connectivity index (χ1n) is 13.2. The Kier molecular flexibility index (Phi) is 11.0. The molecule has 0 aliphatic heterocycles. The van der Waals surface area contributed by atoms with Gasteiger partial charge in [0.15, 0.2) is 0 Å². The number of anilines is 1. The molecule has 10 heteroatoms. The molecule has 1 unspecified atom stereocenters. The Hall–Kier alpha value is -3.56. The molecule has 0 spiro atoms. The molecule has 0 fully saturated rings. The maximum Gasteiger partial charge on any atom is 0.264 e. The van der Waals surface area contributed by atoms with E-state index in [0.29, 0.717) is 23.7 Å². The molecule has 0 aliphatic rings. The number of sulfonamides is 1. The lowest BCUT2D eigenvalue weighted by Crippen LogP contribution is -2.52. The molecule has 0 bridgehead atoms. The van der Waals surface area contributed by atoms with Gasteiger partial charge in [-0.1, -0.05) is 55.3 Å². The number of carbonyl (C=O) groups is 2. The molecule has 0 aromatic heterocycles. The highest BCUT2D eigenvalue weighted by Gasteiger charge is 2.33. The van der Waals surface area contributed by atoms with E-state index >= 15 is 0 Å².